The van der Waals surface area contributed by atoms with Crippen molar-refractivity contribution in [2.24, 2.45) is 0 Å². The highest BCUT2D eigenvalue weighted by atomic mass is 32.1. The molecule has 0 aliphatic heterocycles. The van der Waals surface area contributed by atoms with Gasteiger partial charge in [0.1, 0.15) is 16.7 Å². The van der Waals surface area contributed by atoms with Crippen molar-refractivity contribution in [1.29, 1.82) is 5.26 Å². The molecule has 0 aromatic carbocycles. The minimum atomic E-state index is 0.144. The van der Waals surface area contributed by atoms with Crippen LogP contribution >= 0.6 is 11.3 Å². The van der Waals surface area contributed by atoms with Crippen LogP contribution in [0.2, 0.25) is 0 Å². The topological polar surface area (TPSA) is 56.9 Å². The molecule has 68 valence electrons. The summed E-state index contributed by atoms with van der Waals surface area (Å²) in [6.45, 7) is 0. The normalized spacial score (nSPS) is 9.64. The Labute approximate surface area is 84.9 Å². The van der Waals surface area contributed by atoms with E-state index in [2.05, 4.69) is 11.1 Å². The maximum Gasteiger partial charge on any atom is 0.133 e. The number of rotatable bonds is 1. The molecule has 0 aliphatic rings. The molecule has 2 heterocycles. The zero-order chi connectivity index (χ0) is 9.97. The molecule has 3 nitrogen and oxygen atoms in total. The lowest BCUT2D eigenvalue weighted by atomic mass is 10.3. The lowest BCUT2D eigenvalue weighted by Crippen LogP contribution is -1.77. The smallest absolute Gasteiger partial charge is 0.133 e. The third-order valence-corrected chi connectivity index (χ3v) is 2.73. The monoisotopic (exact) mass is 202 g/mol. The quantitative estimate of drug-likeness (QED) is 0.772. The first-order valence-corrected chi connectivity index (χ1v) is 4.76. The number of aromatic nitrogens is 1. The standard InChI is InChI=1S/C10H6N2OS/c11-5-8-2-4-10(14-8)9-3-1-7(13)6-12-9/h1-4,6,13H. The van der Waals surface area contributed by atoms with E-state index in [1.54, 1.807) is 18.2 Å². The molecule has 0 unspecified atom stereocenters. The summed E-state index contributed by atoms with van der Waals surface area (Å²) in [6, 6.07) is 8.98. The van der Waals surface area contributed by atoms with E-state index in [-0.39, 0.29) is 5.75 Å². The summed E-state index contributed by atoms with van der Waals surface area (Å²) in [5, 5.41) is 17.7. The van der Waals surface area contributed by atoms with Crippen molar-refractivity contribution in [3.8, 4) is 22.4 Å². The Morgan fingerprint density at radius 3 is 2.71 bits per heavy atom. The van der Waals surface area contributed by atoms with Crippen molar-refractivity contribution in [2.75, 3.05) is 0 Å². The molecular formula is C10H6N2OS. The summed E-state index contributed by atoms with van der Waals surface area (Å²) in [6.07, 6.45) is 1.39. The van der Waals surface area contributed by atoms with Gasteiger partial charge >= 0.3 is 0 Å². The van der Waals surface area contributed by atoms with Gasteiger partial charge in [0.2, 0.25) is 0 Å². The van der Waals surface area contributed by atoms with Crippen LogP contribution in [0.25, 0.3) is 10.6 Å². The van der Waals surface area contributed by atoms with Crippen molar-refractivity contribution in [2.45, 2.75) is 0 Å². The van der Waals surface area contributed by atoms with Gasteiger partial charge in [-0.15, -0.1) is 11.3 Å². The largest absolute Gasteiger partial charge is 0.506 e. The third-order valence-electron chi connectivity index (χ3n) is 1.72. The fourth-order valence-corrected chi connectivity index (χ4v) is 1.85. The SMILES string of the molecule is N#Cc1ccc(-c2ccc(O)cn2)s1. The van der Waals surface area contributed by atoms with Crippen molar-refractivity contribution in [3.63, 3.8) is 0 Å². The first-order chi connectivity index (χ1) is 6.79. The van der Waals surface area contributed by atoms with Gasteiger partial charge in [-0.25, -0.2) is 0 Å². The van der Waals surface area contributed by atoms with Gasteiger partial charge in [0.05, 0.1) is 16.8 Å². The van der Waals surface area contributed by atoms with Crippen LogP contribution in [0, 0.1) is 11.3 Å². The van der Waals surface area contributed by atoms with E-state index in [1.807, 2.05) is 6.07 Å². The predicted molar refractivity (Wildman–Crippen MR) is 53.9 cm³/mol. The lowest BCUT2D eigenvalue weighted by molar-refractivity contribution is 0.473. The average molecular weight is 202 g/mol. The van der Waals surface area contributed by atoms with Crippen LogP contribution in [0.1, 0.15) is 4.88 Å². The van der Waals surface area contributed by atoms with E-state index in [0.29, 0.717) is 4.88 Å². The molecule has 0 fully saturated rings. The van der Waals surface area contributed by atoms with Crippen molar-refractivity contribution >= 4 is 11.3 Å². The highest BCUT2D eigenvalue weighted by molar-refractivity contribution is 7.15. The number of hydrogen-bond acceptors (Lipinski definition) is 4. The number of pyridine rings is 1. The van der Waals surface area contributed by atoms with Crippen molar-refractivity contribution in [1.82, 2.24) is 4.98 Å². The molecule has 0 amide bonds. The summed E-state index contributed by atoms with van der Waals surface area (Å²) < 4.78 is 0. The zero-order valence-electron chi connectivity index (χ0n) is 7.14. The number of nitriles is 1. The molecule has 14 heavy (non-hydrogen) atoms. The van der Waals surface area contributed by atoms with Crippen LogP contribution in [0.3, 0.4) is 0 Å². The van der Waals surface area contributed by atoms with Crippen LogP contribution in [-0.4, -0.2) is 10.1 Å². The highest BCUT2D eigenvalue weighted by Gasteiger charge is 2.03. The van der Waals surface area contributed by atoms with Gasteiger partial charge in [0, 0.05) is 0 Å². The van der Waals surface area contributed by atoms with E-state index in [9.17, 15) is 0 Å². The molecule has 2 rings (SSSR count). The summed E-state index contributed by atoms with van der Waals surface area (Å²) in [4.78, 5) is 5.64. The Kier molecular flexibility index (Phi) is 2.17. The van der Waals surface area contributed by atoms with Gasteiger partial charge in [-0.3, -0.25) is 4.98 Å². The molecule has 1 N–H and O–H groups in total. The minimum Gasteiger partial charge on any atom is -0.506 e. The lowest BCUT2D eigenvalue weighted by Gasteiger charge is -1.95. The number of thiophene rings is 1. The second-order valence-corrected chi connectivity index (χ2v) is 3.76. The van der Waals surface area contributed by atoms with E-state index in [1.165, 1.54) is 17.5 Å². The van der Waals surface area contributed by atoms with Gasteiger partial charge in [-0.2, -0.15) is 5.26 Å². The molecule has 4 heteroatoms. The fraction of sp³-hybridized carbons (Fsp3) is 0. The van der Waals surface area contributed by atoms with Crippen LogP contribution in [0.15, 0.2) is 30.5 Å². The Balaban J connectivity index is 2.40. The maximum absolute atomic E-state index is 9.04. The second-order valence-electron chi connectivity index (χ2n) is 2.68. The first-order valence-electron chi connectivity index (χ1n) is 3.95. The van der Waals surface area contributed by atoms with E-state index < -0.39 is 0 Å². The van der Waals surface area contributed by atoms with Crippen LogP contribution in [-0.2, 0) is 0 Å². The molecular weight excluding hydrogens is 196 g/mol. The summed E-state index contributed by atoms with van der Waals surface area (Å²) >= 11 is 1.39. The van der Waals surface area contributed by atoms with Gasteiger partial charge in [0.15, 0.2) is 0 Å². The van der Waals surface area contributed by atoms with Crippen LogP contribution in [0.4, 0.5) is 0 Å². The predicted octanol–water partition coefficient (Wildman–Crippen LogP) is 2.39. The number of nitrogens with zero attached hydrogens (tertiary/aromatic N) is 2. The van der Waals surface area contributed by atoms with Crippen LogP contribution in [0.5, 0.6) is 5.75 Å². The Hall–Kier alpha value is -1.86. The zero-order valence-corrected chi connectivity index (χ0v) is 7.95. The minimum absolute atomic E-state index is 0.144. The highest BCUT2D eigenvalue weighted by Crippen LogP contribution is 2.26. The molecule has 0 bridgehead atoms. The van der Waals surface area contributed by atoms with Gasteiger partial charge < -0.3 is 5.11 Å². The van der Waals surface area contributed by atoms with E-state index in [0.717, 1.165) is 10.6 Å². The summed E-state index contributed by atoms with van der Waals surface area (Å²) in [7, 11) is 0. The molecule has 0 saturated carbocycles. The summed E-state index contributed by atoms with van der Waals surface area (Å²) in [5.74, 6) is 0.144. The van der Waals surface area contributed by atoms with E-state index >= 15 is 0 Å². The third kappa shape index (κ3) is 1.58. The molecule has 0 saturated heterocycles. The number of aromatic hydroxyl groups is 1. The van der Waals surface area contributed by atoms with Gasteiger partial charge in [-0.1, -0.05) is 0 Å². The molecule has 0 aliphatic carbocycles. The molecule has 0 atom stereocenters. The maximum atomic E-state index is 9.04. The van der Waals surface area contributed by atoms with E-state index in [4.69, 9.17) is 10.4 Å². The molecule has 2 aromatic heterocycles. The van der Waals surface area contributed by atoms with Gasteiger partial charge in [-0.05, 0) is 24.3 Å². The first kappa shape index (κ1) is 8.73. The Morgan fingerprint density at radius 1 is 1.29 bits per heavy atom. The molecule has 0 radical (unpaired) electrons. The Morgan fingerprint density at radius 2 is 2.14 bits per heavy atom. The molecule has 2 aromatic rings. The van der Waals surface area contributed by atoms with Gasteiger partial charge in [0.25, 0.3) is 0 Å². The second kappa shape index (κ2) is 3.48. The molecule has 0 spiro atoms. The fourth-order valence-electron chi connectivity index (χ4n) is 1.07. The summed E-state index contributed by atoms with van der Waals surface area (Å²) in [5.41, 5.74) is 0.773. The van der Waals surface area contributed by atoms with Crippen molar-refractivity contribution in [3.05, 3.63) is 35.3 Å². The van der Waals surface area contributed by atoms with Crippen LogP contribution < -0.4 is 0 Å². The van der Waals surface area contributed by atoms with Crippen molar-refractivity contribution < 1.29 is 5.11 Å². The Bertz CT molecular complexity index is 482. The number of hydrogen-bond donors (Lipinski definition) is 1. The average Bonchev–Trinajstić information content (AvgIpc) is 2.67.